The summed E-state index contributed by atoms with van der Waals surface area (Å²) in [5, 5.41) is 5.16. The van der Waals surface area contributed by atoms with Crippen molar-refractivity contribution in [2.24, 2.45) is 10.6 Å². The predicted molar refractivity (Wildman–Crippen MR) is 76.0 cm³/mol. The van der Waals surface area contributed by atoms with Crippen LogP contribution in [0.2, 0.25) is 0 Å². The second-order valence-electron chi connectivity index (χ2n) is 5.13. The third-order valence-corrected chi connectivity index (χ3v) is 4.57. The van der Waals surface area contributed by atoms with Crippen LogP contribution < -0.4 is 5.14 Å². The molecule has 0 rings (SSSR count). The Morgan fingerprint density at radius 2 is 1.67 bits per heavy atom. The second-order valence-corrected chi connectivity index (χ2v) is 6.74. The van der Waals surface area contributed by atoms with Crippen molar-refractivity contribution in [3.05, 3.63) is 0 Å². The van der Waals surface area contributed by atoms with Crippen LogP contribution in [0.3, 0.4) is 0 Å². The Kier molecular flexibility index (Phi) is 8.82. The van der Waals surface area contributed by atoms with Gasteiger partial charge in [0.15, 0.2) is 0 Å². The van der Waals surface area contributed by atoms with E-state index in [9.17, 15) is 8.42 Å². The molecule has 0 spiro atoms. The Balaban J connectivity index is 4.11. The lowest BCUT2D eigenvalue weighted by molar-refractivity contribution is 0.0479. The minimum Gasteiger partial charge on any atom is -0.381 e. The van der Waals surface area contributed by atoms with Gasteiger partial charge in [0.05, 0.1) is 12.4 Å². The number of ether oxygens (including phenoxy) is 1. The molecule has 0 bridgehead atoms. The summed E-state index contributed by atoms with van der Waals surface area (Å²) in [6.45, 7) is 7.37. The van der Waals surface area contributed by atoms with Crippen LogP contribution in [0.15, 0.2) is 0 Å². The van der Waals surface area contributed by atoms with E-state index in [4.69, 9.17) is 9.88 Å². The first-order valence-electron chi connectivity index (χ1n) is 6.97. The van der Waals surface area contributed by atoms with Gasteiger partial charge in [-0.3, -0.25) is 0 Å². The molecule has 0 unspecified atom stereocenters. The smallest absolute Gasteiger partial charge is 0.209 e. The van der Waals surface area contributed by atoms with Crippen molar-refractivity contribution < 1.29 is 13.2 Å². The summed E-state index contributed by atoms with van der Waals surface area (Å²) in [5.41, 5.74) is -0.321. The molecule has 0 aromatic carbocycles. The molecular formula is C13H29NO3S. The monoisotopic (exact) mass is 279 g/mol. The van der Waals surface area contributed by atoms with Gasteiger partial charge in [-0.25, -0.2) is 13.6 Å². The Labute approximate surface area is 112 Å². The van der Waals surface area contributed by atoms with Crippen molar-refractivity contribution in [2.75, 3.05) is 19.0 Å². The molecule has 0 saturated carbocycles. The molecule has 0 heterocycles. The van der Waals surface area contributed by atoms with Crippen LogP contribution in [-0.2, 0) is 14.8 Å². The van der Waals surface area contributed by atoms with Crippen LogP contribution in [0.5, 0.6) is 0 Å². The number of hydrogen-bond donors (Lipinski definition) is 1. The molecule has 110 valence electrons. The maximum absolute atomic E-state index is 11.3. The molecule has 0 saturated heterocycles. The molecule has 0 radical (unpaired) electrons. The van der Waals surface area contributed by atoms with E-state index in [1.165, 1.54) is 19.3 Å². The summed E-state index contributed by atoms with van der Waals surface area (Å²) in [6.07, 6.45) is 6.21. The fourth-order valence-electron chi connectivity index (χ4n) is 2.05. The number of nitrogens with two attached hydrogens (primary N) is 1. The lowest BCUT2D eigenvalue weighted by Gasteiger charge is -2.30. The van der Waals surface area contributed by atoms with Gasteiger partial charge >= 0.3 is 0 Å². The van der Waals surface area contributed by atoms with E-state index < -0.39 is 10.0 Å². The van der Waals surface area contributed by atoms with Crippen molar-refractivity contribution in [1.82, 2.24) is 0 Å². The highest BCUT2D eigenvalue weighted by Crippen LogP contribution is 2.28. The van der Waals surface area contributed by atoms with Crippen LogP contribution in [0.4, 0.5) is 0 Å². The van der Waals surface area contributed by atoms with Gasteiger partial charge in [-0.1, -0.05) is 40.0 Å². The number of unbranched alkanes of at least 4 members (excludes halogenated alkanes) is 3. The van der Waals surface area contributed by atoms with E-state index in [2.05, 4.69) is 6.92 Å². The topological polar surface area (TPSA) is 69.4 Å². The Bertz CT molecular complexity index is 297. The quantitative estimate of drug-likeness (QED) is 0.591. The van der Waals surface area contributed by atoms with Gasteiger partial charge in [-0.2, -0.15) is 0 Å². The van der Waals surface area contributed by atoms with Crippen molar-refractivity contribution in [1.29, 1.82) is 0 Å². The minimum absolute atomic E-state index is 0.0158. The normalized spacial score (nSPS) is 12.9. The molecule has 4 nitrogen and oxygen atoms in total. The van der Waals surface area contributed by atoms with Gasteiger partial charge in [0, 0.05) is 12.0 Å². The van der Waals surface area contributed by atoms with Crippen LogP contribution in [-0.4, -0.2) is 27.4 Å². The van der Waals surface area contributed by atoms with Gasteiger partial charge in [0.2, 0.25) is 10.0 Å². The lowest BCUT2D eigenvalue weighted by Crippen LogP contribution is -2.36. The van der Waals surface area contributed by atoms with Crippen molar-refractivity contribution in [3.63, 3.8) is 0 Å². The molecule has 0 aromatic rings. The zero-order valence-corrected chi connectivity index (χ0v) is 12.9. The number of sulfonamides is 1. The molecule has 0 aromatic heterocycles. The van der Waals surface area contributed by atoms with E-state index in [0.717, 1.165) is 19.3 Å². The fourth-order valence-corrected chi connectivity index (χ4v) is 3.39. The lowest BCUT2D eigenvalue weighted by atomic mass is 9.85. The van der Waals surface area contributed by atoms with Gasteiger partial charge in [0.1, 0.15) is 0 Å². The average molecular weight is 279 g/mol. The number of primary sulfonamides is 1. The average Bonchev–Trinajstić information content (AvgIpc) is 2.30. The molecule has 0 fully saturated rings. The summed E-state index contributed by atoms with van der Waals surface area (Å²) >= 11 is 0. The summed E-state index contributed by atoms with van der Waals surface area (Å²) in [7, 11) is -3.44. The molecule has 0 aliphatic heterocycles. The second kappa shape index (κ2) is 8.88. The first kappa shape index (κ1) is 17.9. The van der Waals surface area contributed by atoms with Crippen LogP contribution in [0, 0.1) is 5.41 Å². The SMILES string of the molecule is CCCCCCOCC(CC)(CC)CS(N)(=O)=O. The maximum atomic E-state index is 11.3. The van der Waals surface area contributed by atoms with Gasteiger partial charge < -0.3 is 4.74 Å². The highest BCUT2D eigenvalue weighted by molar-refractivity contribution is 7.89. The van der Waals surface area contributed by atoms with Crippen molar-refractivity contribution >= 4 is 10.0 Å². The zero-order valence-electron chi connectivity index (χ0n) is 12.1. The predicted octanol–water partition coefficient (Wildman–Crippen LogP) is 2.68. The summed E-state index contributed by atoms with van der Waals surface area (Å²) in [5.74, 6) is 0.0158. The van der Waals surface area contributed by atoms with E-state index >= 15 is 0 Å². The first-order chi connectivity index (χ1) is 8.39. The molecule has 0 amide bonds. The Morgan fingerprint density at radius 3 is 2.11 bits per heavy atom. The van der Waals surface area contributed by atoms with E-state index in [1.54, 1.807) is 0 Å². The van der Waals surface area contributed by atoms with Crippen LogP contribution in [0.1, 0.15) is 59.3 Å². The summed E-state index contributed by atoms with van der Waals surface area (Å²) in [6, 6.07) is 0. The maximum Gasteiger partial charge on any atom is 0.209 e. The standard InChI is InChI=1S/C13H29NO3S/c1-4-7-8-9-10-17-11-13(5-2,6-3)12-18(14,15)16/h4-12H2,1-3H3,(H2,14,15,16). The van der Waals surface area contributed by atoms with Crippen LogP contribution >= 0.6 is 0 Å². The highest BCUT2D eigenvalue weighted by atomic mass is 32.2. The van der Waals surface area contributed by atoms with Crippen molar-refractivity contribution in [3.8, 4) is 0 Å². The van der Waals surface area contributed by atoms with E-state index in [1.807, 2.05) is 13.8 Å². The molecule has 0 aliphatic rings. The third-order valence-electron chi connectivity index (χ3n) is 3.56. The molecule has 2 N–H and O–H groups in total. The third kappa shape index (κ3) is 8.06. The molecule has 0 atom stereocenters. The summed E-state index contributed by atoms with van der Waals surface area (Å²) < 4.78 is 28.2. The highest BCUT2D eigenvalue weighted by Gasteiger charge is 2.31. The Morgan fingerprint density at radius 1 is 1.06 bits per heavy atom. The van der Waals surface area contributed by atoms with E-state index in [0.29, 0.717) is 13.2 Å². The van der Waals surface area contributed by atoms with E-state index in [-0.39, 0.29) is 11.2 Å². The van der Waals surface area contributed by atoms with Crippen molar-refractivity contribution in [2.45, 2.75) is 59.3 Å². The largest absolute Gasteiger partial charge is 0.381 e. The zero-order chi connectivity index (χ0) is 14.1. The first-order valence-corrected chi connectivity index (χ1v) is 8.69. The molecule has 18 heavy (non-hydrogen) atoms. The number of hydrogen-bond acceptors (Lipinski definition) is 3. The minimum atomic E-state index is -3.44. The molecule has 5 heteroatoms. The van der Waals surface area contributed by atoms with Gasteiger partial charge in [-0.05, 0) is 19.3 Å². The van der Waals surface area contributed by atoms with Gasteiger partial charge in [-0.15, -0.1) is 0 Å². The molecule has 0 aliphatic carbocycles. The van der Waals surface area contributed by atoms with Gasteiger partial charge in [0.25, 0.3) is 0 Å². The summed E-state index contributed by atoms with van der Waals surface area (Å²) in [4.78, 5) is 0. The molecular weight excluding hydrogens is 250 g/mol. The fraction of sp³-hybridized carbons (Fsp3) is 1.00. The number of rotatable bonds is 11. The Hall–Kier alpha value is -0.130. The van der Waals surface area contributed by atoms with Crippen LogP contribution in [0.25, 0.3) is 0 Å².